The highest BCUT2D eigenvalue weighted by molar-refractivity contribution is 7.25. The molecule has 1 aromatic heterocycles. The topological polar surface area (TPSA) is 3.24 Å². The summed E-state index contributed by atoms with van der Waals surface area (Å²) in [5.74, 6) is 1.65. The van der Waals surface area contributed by atoms with E-state index in [0.717, 1.165) is 23.2 Å². The maximum absolute atomic E-state index is 2.57. The average molecular weight is 672 g/mol. The molecule has 3 aliphatic carbocycles. The van der Waals surface area contributed by atoms with Crippen molar-refractivity contribution in [1.82, 2.24) is 0 Å². The number of nitrogens with zero attached hydrogens (tertiary/aromatic N) is 1. The molecule has 1 nitrogen and oxygen atoms in total. The fourth-order valence-corrected chi connectivity index (χ4v) is 11.3. The van der Waals surface area contributed by atoms with Gasteiger partial charge in [0, 0.05) is 42.6 Å². The number of hydrogen-bond acceptors (Lipinski definition) is 2. The monoisotopic (exact) mass is 671 g/mol. The van der Waals surface area contributed by atoms with Crippen LogP contribution in [0, 0.1) is 11.8 Å². The maximum Gasteiger partial charge on any atom is 0.0476 e. The van der Waals surface area contributed by atoms with Crippen molar-refractivity contribution in [1.29, 1.82) is 0 Å². The van der Waals surface area contributed by atoms with Gasteiger partial charge < -0.3 is 4.90 Å². The Balaban J connectivity index is 0.982. The average Bonchev–Trinajstić information content (AvgIpc) is 3.97. The van der Waals surface area contributed by atoms with E-state index in [1.807, 2.05) is 11.3 Å². The summed E-state index contributed by atoms with van der Waals surface area (Å²) in [4.78, 5) is 2.37. The van der Waals surface area contributed by atoms with Crippen LogP contribution in [0.25, 0.3) is 53.6 Å². The third-order valence-corrected chi connectivity index (χ3v) is 13.5. The summed E-state index contributed by atoms with van der Waals surface area (Å²) in [6.07, 6.45) is 5.51. The predicted octanol–water partition coefficient (Wildman–Crippen LogP) is 13.9. The first-order valence-electron chi connectivity index (χ1n) is 18.4. The molecule has 1 heterocycles. The Morgan fingerprint density at radius 1 is 0.471 bits per heavy atom. The first-order chi connectivity index (χ1) is 25.2. The highest BCUT2D eigenvalue weighted by Gasteiger charge is 2.56. The maximum atomic E-state index is 2.57. The lowest BCUT2D eigenvalue weighted by Gasteiger charge is -2.36. The van der Waals surface area contributed by atoms with Gasteiger partial charge in [-0.2, -0.15) is 0 Å². The second kappa shape index (κ2) is 11.3. The van der Waals surface area contributed by atoms with E-state index in [1.165, 1.54) is 84.9 Å². The Kier molecular flexibility index (Phi) is 6.48. The number of rotatable bonds is 5. The highest BCUT2D eigenvalue weighted by Crippen LogP contribution is 2.65. The van der Waals surface area contributed by atoms with Gasteiger partial charge >= 0.3 is 0 Å². The molecule has 0 saturated heterocycles. The zero-order valence-corrected chi connectivity index (χ0v) is 29.2. The lowest BCUT2D eigenvalue weighted by Crippen LogP contribution is -2.31. The smallest absolute Gasteiger partial charge is 0.0476 e. The predicted molar refractivity (Wildman–Crippen MR) is 217 cm³/mol. The molecule has 2 bridgehead atoms. The molecule has 0 amide bonds. The van der Waals surface area contributed by atoms with Crippen LogP contribution in [0.3, 0.4) is 0 Å². The number of para-hydroxylation sites is 1. The molecule has 2 heteroatoms. The number of hydrogen-bond donors (Lipinski definition) is 0. The fraction of sp³-hybridized carbons (Fsp3) is 0.143. The van der Waals surface area contributed by atoms with Gasteiger partial charge in [-0.25, -0.2) is 0 Å². The van der Waals surface area contributed by atoms with Crippen molar-refractivity contribution in [2.24, 2.45) is 11.8 Å². The second-order valence-electron chi connectivity index (χ2n) is 14.9. The van der Waals surface area contributed by atoms with E-state index in [9.17, 15) is 0 Å². The number of benzene rings is 7. The van der Waals surface area contributed by atoms with Crippen LogP contribution in [0.5, 0.6) is 0 Å². The van der Waals surface area contributed by atoms with Gasteiger partial charge in [0.25, 0.3) is 0 Å². The van der Waals surface area contributed by atoms with Crippen molar-refractivity contribution in [3.05, 3.63) is 175 Å². The van der Waals surface area contributed by atoms with Crippen LogP contribution in [-0.4, -0.2) is 0 Å². The molecule has 1 spiro atoms. The minimum atomic E-state index is 0.204. The van der Waals surface area contributed by atoms with Crippen molar-refractivity contribution in [3.63, 3.8) is 0 Å². The Hall–Kier alpha value is -5.44. The number of fused-ring (bicyclic) bond motifs is 11. The summed E-state index contributed by atoms with van der Waals surface area (Å²) in [5.41, 5.74) is 14.9. The van der Waals surface area contributed by atoms with Gasteiger partial charge in [0.2, 0.25) is 0 Å². The summed E-state index contributed by atoms with van der Waals surface area (Å²) in [7, 11) is 0. The molecule has 0 radical (unpaired) electrons. The molecule has 3 unspecified atom stereocenters. The molecule has 7 aromatic carbocycles. The standard InChI is InChI=1S/C49H37NS/c1-3-9-33(10-4-1)34-16-21-39(22-17-34)50(38-11-5-2-6-12-38)40-23-26-44-43-25-19-36(29-47(43)51-48(44)30-40)35-18-24-42-41-13-7-8-14-45(41)49(46(42)28-35)31-32-15-20-37(49)27-32/h1-14,16-19,21-26,28-30,32,37H,15,20,27,31H2. The second-order valence-corrected chi connectivity index (χ2v) is 16.0. The zero-order valence-electron chi connectivity index (χ0n) is 28.4. The van der Waals surface area contributed by atoms with E-state index in [2.05, 4.69) is 169 Å². The molecule has 0 N–H and O–H groups in total. The summed E-state index contributed by atoms with van der Waals surface area (Å²) < 4.78 is 2.66. The van der Waals surface area contributed by atoms with Gasteiger partial charge in [-0.1, -0.05) is 122 Å². The zero-order chi connectivity index (χ0) is 33.5. The fourth-order valence-electron chi connectivity index (χ4n) is 10.1. The number of thiophene rings is 1. The van der Waals surface area contributed by atoms with E-state index in [1.54, 1.807) is 11.1 Å². The van der Waals surface area contributed by atoms with Gasteiger partial charge in [0.05, 0.1) is 0 Å². The minimum absolute atomic E-state index is 0.204. The Morgan fingerprint density at radius 3 is 1.86 bits per heavy atom. The lowest BCUT2D eigenvalue weighted by atomic mass is 9.66. The summed E-state index contributed by atoms with van der Waals surface area (Å²) in [6.45, 7) is 0. The SMILES string of the molecule is c1ccc(-c2ccc(N(c3ccccc3)c3ccc4c(c3)sc3cc(-c5ccc6c(c5)C5(CC7CCC5C7)c5ccccc5-6)ccc34)cc2)cc1. The van der Waals surface area contributed by atoms with Crippen molar-refractivity contribution >= 4 is 48.6 Å². The third-order valence-electron chi connectivity index (χ3n) is 12.3. The Bertz CT molecular complexity index is 2600. The summed E-state index contributed by atoms with van der Waals surface area (Å²) >= 11 is 1.91. The molecular weight excluding hydrogens is 635 g/mol. The van der Waals surface area contributed by atoms with Gasteiger partial charge in [-0.3, -0.25) is 0 Å². The van der Waals surface area contributed by atoms with Crippen molar-refractivity contribution in [2.45, 2.75) is 31.1 Å². The lowest BCUT2D eigenvalue weighted by molar-refractivity contribution is 0.327. The Labute approximate surface area is 303 Å². The van der Waals surface area contributed by atoms with Crippen LogP contribution in [0.2, 0.25) is 0 Å². The molecule has 2 saturated carbocycles. The number of anilines is 3. The molecule has 244 valence electrons. The van der Waals surface area contributed by atoms with Crippen molar-refractivity contribution in [3.8, 4) is 33.4 Å². The van der Waals surface area contributed by atoms with E-state index in [-0.39, 0.29) is 5.41 Å². The molecule has 3 aliphatic rings. The Morgan fingerprint density at radius 2 is 1.08 bits per heavy atom. The summed E-state index contributed by atoms with van der Waals surface area (Å²) in [5, 5.41) is 2.66. The third kappa shape index (κ3) is 4.46. The van der Waals surface area contributed by atoms with Crippen LogP contribution in [0.1, 0.15) is 36.8 Å². The molecule has 8 aromatic rings. The van der Waals surface area contributed by atoms with Gasteiger partial charge in [0.1, 0.15) is 0 Å². The normalized spacial score (nSPS) is 19.9. The van der Waals surface area contributed by atoms with Crippen LogP contribution in [-0.2, 0) is 5.41 Å². The van der Waals surface area contributed by atoms with Gasteiger partial charge in [-0.05, 0) is 124 Å². The van der Waals surface area contributed by atoms with E-state index in [4.69, 9.17) is 0 Å². The van der Waals surface area contributed by atoms with E-state index >= 15 is 0 Å². The molecule has 2 fully saturated rings. The summed E-state index contributed by atoms with van der Waals surface area (Å²) in [6, 6.07) is 61.1. The first kappa shape index (κ1) is 29.3. The first-order valence-corrected chi connectivity index (χ1v) is 19.3. The van der Waals surface area contributed by atoms with Crippen LogP contribution in [0.15, 0.2) is 164 Å². The molecule has 51 heavy (non-hydrogen) atoms. The molecular formula is C49H37NS. The minimum Gasteiger partial charge on any atom is -0.310 e. The van der Waals surface area contributed by atoms with Crippen LogP contribution >= 0.6 is 11.3 Å². The van der Waals surface area contributed by atoms with Crippen molar-refractivity contribution in [2.75, 3.05) is 4.90 Å². The van der Waals surface area contributed by atoms with E-state index < -0.39 is 0 Å². The van der Waals surface area contributed by atoms with Gasteiger partial charge in [-0.15, -0.1) is 11.3 Å². The van der Waals surface area contributed by atoms with Crippen LogP contribution < -0.4 is 4.90 Å². The molecule has 3 atom stereocenters. The molecule has 0 aliphatic heterocycles. The molecule has 11 rings (SSSR count). The van der Waals surface area contributed by atoms with E-state index in [0.29, 0.717) is 0 Å². The largest absolute Gasteiger partial charge is 0.310 e. The van der Waals surface area contributed by atoms with Crippen LogP contribution in [0.4, 0.5) is 17.1 Å². The van der Waals surface area contributed by atoms with Gasteiger partial charge in [0.15, 0.2) is 0 Å². The van der Waals surface area contributed by atoms with Crippen molar-refractivity contribution < 1.29 is 0 Å². The highest BCUT2D eigenvalue weighted by atomic mass is 32.1. The quantitative estimate of drug-likeness (QED) is 0.176.